The summed E-state index contributed by atoms with van der Waals surface area (Å²) in [6, 6.07) is 10.5. The molecule has 1 atom stereocenters. The minimum atomic E-state index is -0.321. The Kier molecular flexibility index (Phi) is 7.63. The number of ketones is 1. The third-order valence-electron chi connectivity index (χ3n) is 4.97. The fourth-order valence-corrected chi connectivity index (χ4v) is 4.18. The van der Waals surface area contributed by atoms with Crippen LogP contribution in [-0.4, -0.2) is 45.8 Å². The average Bonchev–Trinajstić information content (AvgIpc) is 3.29. The fourth-order valence-electron chi connectivity index (χ4n) is 3.32. The topological polar surface area (TPSA) is 79.4 Å². The number of carbonyl (C=O) groups is 3. The van der Waals surface area contributed by atoms with Crippen molar-refractivity contribution in [2.45, 2.75) is 49.8 Å². The van der Waals surface area contributed by atoms with Crippen LogP contribution < -0.4 is 5.32 Å². The van der Waals surface area contributed by atoms with E-state index in [2.05, 4.69) is 10.3 Å². The summed E-state index contributed by atoms with van der Waals surface area (Å²) in [4.78, 5) is 43.0. The highest BCUT2D eigenvalue weighted by atomic mass is 32.2. The molecule has 0 spiro atoms. The van der Waals surface area contributed by atoms with Crippen LogP contribution in [0.5, 0.6) is 0 Å². The van der Waals surface area contributed by atoms with Crippen molar-refractivity contribution in [3.05, 3.63) is 53.7 Å². The third kappa shape index (κ3) is 5.69. The zero-order valence-electron chi connectivity index (χ0n) is 17.4. The Hall–Kier alpha value is -2.67. The molecular formula is C23H27N3O3S. The number of nitrogens with zero attached hydrogens (tertiary/aromatic N) is 2. The maximum absolute atomic E-state index is 12.7. The lowest BCUT2D eigenvalue weighted by Gasteiger charge is -2.15. The first kappa shape index (κ1) is 22.0. The molecule has 0 unspecified atom stereocenters. The molecule has 1 aromatic heterocycles. The quantitative estimate of drug-likeness (QED) is 0.500. The zero-order valence-corrected chi connectivity index (χ0v) is 18.2. The number of hydrogen-bond donors (Lipinski definition) is 1. The van der Waals surface area contributed by atoms with Gasteiger partial charge in [-0.3, -0.25) is 14.4 Å². The molecule has 2 heterocycles. The van der Waals surface area contributed by atoms with Gasteiger partial charge in [-0.25, -0.2) is 4.98 Å². The maximum Gasteiger partial charge on any atom is 0.255 e. The van der Waals surface area contributed by atoms with Crippen molar-refractivity contribution in [2.24, 2.45) is 0 Å². The second kappa shape index (κ2) is 10.4. The highest BCUT2D eigenvalue weighted by molar-refractivity contribution is 8.00. The molecule has 158 valence electrons. The normalized spacial score (nSPS) is 14.4. The standard InChI is InChI=1S/C23H27N3O3S/c1-3-6-20(27)25-19-10-7-17(8-11-19)22(28)16(2)30-21-12-9-18(15-24-21)23(29)26-13-4-5-14-26/h7-12,15-16H,3-6,13-14H2,1-2H3,(H,25,27)/t16-/m0/s1. The number of amides is 2. The van der Waals surface area contributed by atoms with Crippen molar-refractivity contribution in [2.75, 3.05) is 18.4 Å². The van der Waals surface area contributed by atoms with Gasteiger partial charge in [-0.15, -0.1) is 0 Å². The van der Waals surface area contributed by atoms with E-state index < -0.39 is 0 Å². The number of hydrogen-bond acceptors (Lipinski definition) is 5. The highest BCUT2D eigenvalue weighted by Gasteiger charge is 2.21. The number of anilines is 1. The summed E-state index contributed by atoms with van der Waals surface area (Å²) in [5.41, 5.74) is 1.86. The van der Waals surface area contributed by atoms with Crippen LogP contribution in [0.25, 0.3) is 0 Å². The second-order valence-corrected chi connectivity index (χ2v) is 8.75. The first-order valence-corrected chi connectivity index (χ1v) is 11.2. The van der Waals surface area contributed by atoms with E-state index in [-0.39, 0.29) is 22.8 Å². The smallest absolute Gasteiger partial charge is 0.255 e. The number of aromatic nitrogens is 1. The molecule has 1 N–H and O–H groups in total. The predicted molar refractivity (Wildman–Crippen MR) is 119 cm³/mol. The van der Waals surface area contributed by atoms with Crippen LogP contribution in [-0.2, 0) is 4.79 Å². The molecule has 2 amide bonds. The lowest BCUT2D eigenvalue weighted by atomic mass is 10.1. The number of benzene rings is 1. The Balaban J connectivity index is 1.57. The van der Waals surface area contributed by atoms with Crippen LogP contribution in [0.1, 0.15) is 60.2 Å². The van der Waals surface area contributed by atoms with Gasteiger partial charge in [-0.1, -0.05) is 18.7 Å². The summed E-state index contributed by atoms with van der Waals surface area (Å²) in [7, 11) is 0. The maximum atomic E-state index is 12.7. The second-order valence-electron chi connectivity index (χ2n) is 7.38. The monoisotopic (exact) mass is 425 g/mol. The molecular weight excluding hydrogens is 398 g/mol. The SMILES string of the molecule is CCCC(=O)Nc1ccc(C(=O)[C@H](C)Sc2ccc(C(=O)N3CCCC3)cn2)cc1. The van der Waals surface area contributed by atoms with Gasteiger partial charge < -0.3 is 10.2 Å². The molecule has 1 fully saturated rings. The predicted octanol–water partition coefficient (Wildman–Crippen LogP) is 4.42. The molecule has 7 heteroatoms. The van der Waals surface area contributed by atoms with Crippen molar-refractivity contribution in [1.29, 1.82) is 0 Å². The number of thioether (sulfide) groups is 1. The Morgan fingerprint density at radius 3 is 2.33 bits per heavy atom. The third-order valence-corrected chi connectivity index (χ3v) is 6.02. The first-order valence-electron chi connectivity index (χ1n) is 10.3. The van der Waals surface area contributed by atoms with E-state index in [1.165, 1.54) is 11.8 Å². The number of rotatable bonds is 8. The van der Waals surface area contributed by atoms with Crippen LogP contribution in [0.15, 0.2) is 47.6 Å². The summed E-state index contributed by atoms with van der Waals surface area (Å²) in [6.07, 6.45) is 4.97. The van der Waals surface area contributed by atoms with E-state index in [1.807, 2.05) is 18.7 Å². The largest absolute Gasteiger partial charge is 0.339 e. The van der Waals surface area contributed by atoms with Gasteiger partial charge in [-0.05, 0) is 62.6 Å². The molecule has 1 saturated heterocycles. The Morgan fingerprint density at radius 2 is 1.73 bits per heavy atom. The summed E-state index contributed by atoms with van der Waals surface area (Å²) in [5.74, 6) is -0.0181. The van der Waals surface area contributed by atoms with E-state index in [4.69, 9.17) is 0 Å². The number of pyridine rings is 1. The van der Waals surface area contributed by atoms with Crippen LogP contribution in [0, 0.1) is 0 Å². The minimum absolute atomic E-state index is 0.00884. The highest BCUT2D eigenvalue weighted by Crippen LogP contribution is 2.25. The Bertz CT molecular complexity index is 891. The van der Waals surface area contributed by atoms with Gasteiger partial charge in [-0.2, -0.15) is 0 Å². The Morgan fingerprint density at radius 1 is 1.07 bits per heavy atom. The van der Waals surface area contributed by atoms with Crippen molar-refractivity contribution in [3.8, 4) is 0 Å². The van der Waals surface area contributed by atoms with Gasteiger partial charge in [0.15, 0.2) is 5.78 Å². The van der Waals surface area contributed by atoms with Crippen LogP contribution in [0.4, 0.5) is 5.69 Å². The summed E-state index contributed by atoms with van der Waals surface area (Å²) in [5, 5.41) is 3.20. The first-order chi connectivity index (χ1) is 14.5. The number of likely N-dealkylation sites (tertiary alicyclic amines) is 1. The zero-order chi connectivity index (χ0) is 21.5. The molecule has 2 aromatic rings. The van der Waals surface area contributed by atoms with Crippen molar-refractivity contribution in [3.63, 3.8) is 0 Å². The van der Waals surface area contributed by atoms with Crippen LogP contribution >= 0.6 is 11.8 Å². The summed E-state index contributed by atoms with van der Waals surface area (Å²) < 4.78 is 0. The number of Topliss-reactive ketones (excluding diaryl/α,β-unsaturated/α-hetero) is 1. The lowest BCUT2D eigenvalue weighted by molar-refractivity contribution is -0.116. The van der Waals surface area contributed by atoms with Gasteiger partial charge in [0.05, 0.1) is 15.8 Å². The van der Waals surface area contributed by atoms with Crippen molar-refractivity contribution >= 4 is 35.0 Å². The van der Waals surface area contributed by atoms with Crippen LogP contribution in [0.3, 0.4) is 0 Å². The van der Waals surface area contributed by atoms with E-state index in [1.54, 1.807) is 42.6 Å². The fraction of sp³-hybridized carbons (Fsp3) is 0.391. The molecule has 1 aliphatic rings. The molecule has 1 aliphatic heterocycles. The molecule has 3 rings (SSSR count). The van der Waals surface area contributed by atoms with Gasteiger partial charge in [0, 0.05) is 37.0 Å². The molecule has 0 saturated carbocycles. The molecule has 30 heavy (non-hydrogen) atoms. The van der Waals surface area contributed by atoms with E-state index in [9.17, 15) is 14.4 Å². The molecule has 0 radical (unpaired) electrons. The minimum Gasteiger partial charge on any atom is -0.339 e. The summed E-state index contributed by atoms with van der Waals surface area (Å²) in [6.45, 7) is 5.41. The van der Waals surface area contributed by atoms with Crippen molar-refractivity contribution < 1.29 is 14.4 Å². The van der Waals surface area contributed by atoms with Gasteiger partial charge in [0.2, 0.25) is 5.91 Å². The molecule has 1 aromatic carbocycles. The van der Waals surface area contributed by atoms with E-state index >= 15 is 0 Å². The van der Waals surface area contributed by atoms with E-state index in [0.717, 1.165) is 32.4 Å². The van der Waals surface area contributed by atoms with Crippen LogP contribution in [0.2, 0.25) is 0 Å². The van der Waals surface area contributed by atoms with Gasteiger partial charge >= 0.3 is 0 Å². The van der Waals surface area contributed by atoms with Gasteiger partial charge in [0.1, 0.15) is 0 Å². The van der Waals surface area contributed by atoms with Crippen molar-refractivity contribution in [1.82, 2.24) is 9.88 Å². The molecule has 6 nitrogen and oxygen atoms in total. The summed E-state index contributed by atoms with van der Waals surface area (Å²) >= 11 is 1.37. The molecule has 0 aliphatic carbocycles. The van der Waals surface area contributed by atoms with Gasteiger partial charge in [0.25, 0.3) is 5.91 Å². The van der Waals surface area contributed by atoms with E-state index in [0.29, 0.717) is 28.3 Å². The Labute approximate surface area is 181 Å². The molecule has 0 bridgehead atoms. The number of nitrogens with one attached hydrogen (secondary N) is 1. The lowest BCUT2D eigenvalue weighted by Crippen LogP contribution is -2.27. The number of carbonyl (C=O) groups excluding carboxylic acids is 3. The average molecular weight is 426 g/mol.